The van der Waals surface area contributed by atoms with E-state index < -0.39 is 0 Å². The second-order valence-electron chi connectivity index (χ2n) is 4.86. The summed E-state index contributed by atoms with van der Waals surface area (Å²) >= 11 is 0. The van der Waals surface area contributed by atoms with Crippen LogP contribution in [0.1, 0.15) is 13.3 Å². The van der Waals surface area contributed by atoms with Gasteiger partial charge in [-0.2, -0.15) is 0 Å². The number of anilines is 1. The van der Waals surface area contributed by atoms with Gasteiger partial charge in [0.2, 0.25) is 0 Å². The first-order chi connectivity index (χ1) is 9.22. The Morgan fingerprint density at radius 1 is 1.26 bits per heavy atom. The number of hydrogen-bond donors (Lipinski definition) is 0. The third-order valence-corrected chi connectivity index (χ3v) is 3.32. The topological polar surface area (TPSA) is 28.1 Å². The predicted molar refractivity (Wildman–Crippen MR) is 80.5 cm³/mol. The third-order valence-electron chi connectivity index (χ3n) is 3.32. The largest absolute Gasteiger partial charge is 0.378 e. The fourth-order valence-corrected chi connectivity index (χ4v) is 2.26. The van der Waals surface area contributed by atoms with E-state index in [0.717, 1.165) is 44.2 Å². The van der Waals surface area contributed by atoms with Crippen LogP contribution in [-0.2, 0) is 4.74 Å². The fraction of sp³-hybridized carbons (Fsp3) is 0.533. The molecule has 0 bridgehead atoms. The summed E-state index contributed by atoms with van der Waals surface area (Å²) in [5.74, 6) is 1.10. The van der Waals surface area contributed by atoms with Crippen LogP contribution in [0.2, 0.25) is 0 Å². The first-order valence-electron chi connectivity index (χ1n) is 6.89. The number of ether oxygens (including phenoxy) is 1. The maximum absolute atomic E-state index is 5.42. The normalized spacial score (nSPS) is 16.6. The highest BCUT2D eigenvalue weighted by atomic mass is 16.5. The van der Waals surface area contributed by atoms with Crippen molar-refractivity contribution in [2.45, 2.75) is 13.3 Å². The molecule has 1 aliphatic rings. The second kappa shape index (κ2) is 6.57. The number of benzene rings is 1. The molecule has 0 aliphatic carbocycles. The quantitative estimate of drug-likeness (QED) is 0.618. The number of rotatable bonds is 3. The molecule has 0 N–H and O–H groups in total. The van der Waals surface area contributed by atoms with Gasteiger partial charge in [0.05, 0.1) is 24.6 Å². The lowest BCUT2D eigenvalue weighted by molar-refractivity contribution is 0.123. The van der Waals surface area contributed by atoms with Crippen LogP contribution in [0.15, 0.2) is 29.3 Å². The summed E-state index contributed by atoms with van der Waals surface area (Å²) in [6.45, 7) is 5.61. The third kappa shape index (κ3) is 3.47. The zero-order chi connectivity index (χ0) is 13.7. The lowest BCUT2D eigenvalue weighted by atomic mass is 10.2. The van der Waals surface area contributed by atoms with Crippen molar-refractivity contribution in [1.82, 2.24) is 4.90 Å². The molecule has 104 valence electrons. The van der Waals surface area contributed by atoms with E-state index in [9.17, 15) is 0 Å². The number of morpholine rings is 1. The summed E-state index contributed by atoms with van der Waals surface area (Å²) in [4.78, 5) is 9.24. The maximum Gasteiger partial charge on any atom is 0.104 e. The summed E-state index contributed by atoms with van der Waals surface area (Å²) in [7, 11) is 4.08. The summed E-state index contributed by atoms with van der Waals surface area (Å²) < 4.78 is 5.42. The van der Waals surface area contributed by atoms with Crippen molar-refractivity contribution in [3.05, 3.63) is 24.3 Å². The molecule has 2 rings (SSSR count). The Bertz CT molecular complexity index is 437. The van der Waals surface area contributed by atoms with Crippen LogP contribution in [0.4, 0.5) is 11.4 Å². The molecule has 1 aliphatic heterocycles. The minimum Gasteiger partial charge on any atom is -0.378 e. The first kappa shape index (κ1) is 13.9. The lowest BCUT2D eigenvalue weighted by Crippen LogP contribution is -2.36. The lowest BCUT2D eigenvalue weighted by Gasteiger charge is -2.30. The Morgan fingerprint density at radius 2 is 1.95 bits per heavy atom. The van der Waals surface area contributed by atoms with Gasteiger partial charge in [-0.1, -0.05) is 19.1 Å². The first-order valence-corrected chi connectivity index (χ1v) is 6.89. The number of hydrogen-bond acceptors (Lipinski definition) is 3. The van der Waals surface area contributed by atoms with Gasteiger partial charge in [0.25, 0.3) is 0 Å². The Kier molecular flexibility index (Phi) is 4.80. The zero-order valence-electron chi connectivity index (χ0n) is 12.1. The van der Waals surface area contributed by atoms with Crippen LogP contribution >= 0.6 is 0 Å². The van der Waals surface area contributed by atoms with E-state index >= 15 is 0 Å². The number of para-hydroxylation sites is 2. The molecule has 1 heterocycles. The zero-order valence-corrected chi connectivity index (χ0v) is 12.1. The van der Waals surface area contributed by atoms with Crippen molar-refractivity contribution in [2.24, 2.45) is 4.99 Å². The summed E-state index contributed by atoms with van der Waals surface area (Å²) in [6, 6.07) is 8.36. The van der Waals surface area contributed by atoms with Gasteiger partial charge in [-0.3, -0.25) is 0 Å². The van der Waals surface area contributed by atoms with E-state index in [2.05, 4.69) is 34.9 Å². The number of amidine groups is 1. The summed E-state index contributed by atoms with van der Waals surface area (Å²) in [5.41, 5.74) is 2.26. The minimum absolute atomic E-state index is 0.798. The highest BCUT2D eigenvalue weighted by Crippen LogP contribution is 2.29. The molecule has 0 saturated carbocycles. The Balaban J connectivity index is 2.29. The molecule has 0 radical (unpaired) electrons. The highest BCUT2D eigenvalue weighted by Gasteiger charge is 2.14. The molecule has 0 spiro atoms. The van der Waals surface area contributed by atoms with E-state index in [4.69, 9.17) is 9.73 Å². The van der Waals surface area contributed by atoms with Gasteiger partial charge >= 0.3 is 0 Å². The van der Waals surface area contributed by atoms with Crippen molar-refractivity contribution in [2.75, 3.05) is 45.3 Å². The molecular formula is C15H23N3O. The minimum atomic E-state index is 0.798. The van der Waals surface area contributed by atoms with Crippen molar-refractivity contribution in [1.29, 1.82) is 0 Å². The Morgan fingerprint density at radius 3 is 2.58 bits per heavy atom. The molecule has 4 heteroatoms. The molecule has 0 aromatic heterocycles. The number of nitrogens with zero attached hydrogens (tertiary/aromatic N) is 3. The molecule has 1 aromatic rings. The Hall–Kier alpha value is -1.55. The van der Waals surface area contributed by atoms with Gasteiger partial charge in [0.15, 0.2) is 0 Å². The van der Waals surface area contributed by atoms with Crippen LogP contribution in [0, 0.1) is 0 Å². The van der Waals surface area contributed by atoms with Crippen molar-refractivity contribution >= 4 is 17.2 Å². The summed E-state index contributed by atoms with van der Waals surface area (Å²) in [6.07, 6.45) is 0.935. The van der Waals surface area contributed by atoms with Gasteiger partial charge in [-0.05, 0) is 12.1 Å². The van der Waals surface area contributed by atoms with Crippen LogP contribution in [0.5, 0.6) is 0 Å². The van der Waals surface area contributed by atoms with Crippen LogP contribution in [0.25, 0.3) is 0 Å². The van der Waals surface area contributed by atoms with Crippen LogP contribution in [0.3, 0.4) is 0 Å². The number of aliphatic imine (C=N–C) groups is 1. The Labute approximate surface area is 115 Å². The summed E-state index contributed by atoms with van der Waals surface area (Å²) in [5, 5.41) is 0. The van der Waals surface area contributed by atoms with Gasteiger partial charge in [0, 0.05) is 33.6 Å². The standard InChI is InChI=1S/C15H23N3O/c1-4-15(17(2)3)16-13-7-5-6-8-14(13)18-9-11-19-12-10-18/h5-8H,4,9-12H2,1-3H3. The molecule has 1 saturated heterocycles. The molecule has 4 nitrogen and oxygen atoms in total. The van der Waals surface area contributed by atoms with E-state index in [1.807, 2.05) is 20.2 Å². The second-order valence-corrected chi connectivity index (χ2v) is 4.86. The molecule has 0 unspecified atom stereocenters. The van der Waals surface area contributed by atoms with Crippen LogP contribution in [-0.4, -0.2) is 51.1 Å². The molecule has 0 atom stereocenters. The van der Waals surface area contributed by atoms with Crippen molar-refractivity contribution in [3.8, 4) is 0 Å². The van der Waals surface area contributed by atoms with Crippen molar-refractivity contribution in [3.63, 3.8) is 0 Å². The van der Waals surface area contributed by atoms with E-state index in [0.29, 0.717) is 0 Å². The average Bonchev–Trinajstić information content (AvgIpc) is 2.45. The van der Waals surface area contributed by atoms with E-state index in [1.54, 1.807) is 0 Å². The highest BCUT2D eigenvalue weighted by molar-refractivity contribution is 5.86. The molecule has 19 heavy (non-hydrogen) atoms. The monoisotopic (exact) mass is 261 g/mol. The SMILES string of the molecule is CCC(=Nc1ccccc1N1CCOCC1)N(C)C. The molecule has 1 fully saturated rings. The average molecular weight is 261 g/mol. The predicted octanol–water partition coefficient (Wildman–Crippen LogP) is 2.52. The molecular weight excluding hydrogens is 238 g/mol. The van der Waals surface area contributed by atoms with E-state index in [-0.39, 0.29) is 0 Å². The van der Waals surface area contributed by atoms with Gasteiger partial charge in [-0.25, -0.2) is 4.99 Å². The van der Waals surface area contributed by atoms with Crippen LogP contribution < -0.4 is 4.90 Å². The molecule has 1 aromatic carbocycles. The van der Waals surface area contributed by atoms with Gasteiger partial charge in [0.1, 0.15) is 5.84 Å². The van der Waals surface area contributed by atoms with Gasteiger partial charge < -0.3 is 14.5 Å². The molecule has 0 amide bonds. The van der Waals surface area contributed by atoms with Gasteiger partial charge in [-0.15, -0.1) is 0 Å². The van der Waals surface area contributed by atoms with Crippen molar-refractivity contribution < 1.29 is 4.74 Å². The smallest absolute Gasteiger partial charge is 0.104 e. The fourth-order valence-electron chi connectivity index (χ4n) is 2.26. The van der Waals surface area contributed by atoms with E-state index in [1.165, 1.54) is 5.69 Å². The maximum atomic E-state index is 5.42.